The zero-order chi connectivity index (χ0) is 25.4. The Morgan fingerprint density at radius 2 is 1.75 bits per heavy atom. The van der Waals surface area contributed by atoms with Gasteiger partial charge in [-0.25, -0.2) is 14.4 Å². The van der Waals surface area contributed by atoms with E-state index >= 15 is 4.39 Å². The molecule has 3 heterocycles. The van der Waals surface area contributed by atoms with Crippen molar-refractivity contribution in [1.82, 2.24) is 15.3 Å². The van der Waals surface area contributed by atoms with E-state index < -0.39 is 34.2 Å². The first-order chi connectivity index (χ1) is 17.0. The second-order valence-corrected chi connectivity index (χ2v) is 10.9. The zero-order valence-electron chi connectivity index (χ0n) is 19.4. The van der Waals surface area contributed by atoms with Crippen molar-refractivity contribution in [2.75, 3.05) is 6.61 Å². The van der Waals surface area contributed by atoms with Gasteiger partial charge in [0.2, 0.25) is 17.5 Å². The lowest BCUT2D eigenvalue weighted by Crippen LogP contribution is -2.68. The molecule has 0 spiro atoms. The molecule has 4 bridgehead atoms. The van der Waals surface area contributed by atoms with Gasteiger partial charge in [-0.15, -0.1) is 0 Å². The van der Waals surface area contributed by atoms with E-state index in [0.717, 1.165) is 31.7 Å². The molecule has 4 saturated carbocycles. The number of carbonyl (C=O) groups is 1. The normalized spacial score (nSPS) is 34.0. The number of nitrogens with zero attached hydrogens (tertiary/aromatic N) is 3. The van der Waals surface area contributed by atoms with Crippen molar-refractivity contribution in [1.29, 1.82) is 5.26 Å². The molecule has 1 unspecified atom stereocenters. The lowest BCUT2D eigenvalue weighted by molar-refractivity contribution is -0.244. The van der Waals surface area contributed by atoms with Crippen molar-refractivity contribution in [3.05, 3.63) is 59.2 Å². The number of fused-ring (bicyclic) bond motifs is 3. The lowest BCUT2D eigenvalue weighted by Gasteiger charge is -2.62. The molecule has 1 atom stereocenters. The molecule has 188 valence electrons. The number of halogens is 4. The molecular formula is C26H24F4N4O2. The number of hydrogen-bond donors (Lipinski definition) is 1. The number of amides is 1. The number of aromatic nitrogens is 2. The van der Waals surface area contributed by atoms with E-state index in [0.29, 0.717) is 37.2 Å². The Bertz CT molecular complexity index is 1230. The topological polar surface area (TPSA) is 87.9 Å². The van der Waals surface area contributed by atoms with Crippen LogP contribution in [0.25, 0.3) is 0 Å². The van der Waals surface area contributed by atoms with Gasteiger partial charge in [0.05, 0.1) is 34.7 Å². The first kappa shape index (κ1) is 23.3. The van der Waals surface area contributed by atoms with Gasteiger partial charge in [-0.2, -0.15) is 18.4 Å². The van der Waals surface area contributed by atoms with Gasteiger partial charge in [0, 0.05) is 23.5 Å². The number of carbonyl (C=O) groups excluding carboxylic acids is 1. The molecule has 2 saturated heterocycles. The minimum Gasteiger partial charge on any atom is -0.369 e. The quantitative estimate of drug-likeness (QED) is 0.467. The highest BCUT2D eigenvalue weighted by atomic mass is 19.4. The lowest BCUT2D eigenvalue weighted by atomic mass is 9.44. The van der Waals surface area contributed by atoms with Crippen LogP contribution in [0.2, 0.25) is 0 Å². The molecule has 6 fully saturated rings. The summed E-state index contributed by atoms with van der Waals surface area (Å²) in [5.41, 5.74) is -1.57. The van der Waals surface area contributed by atoms with Crippen molar-refractivity contribution < 1.29 is 27.1 Å². The Morgan fingerprint density at radius 3 is 2.25 bits per heavy atom. The summed E-state index contributed by atoms with van der Waals surface area (Å²) in [6.07, 6.45) is 1.29. The highest BCUT2D eigenvalue weighted by Crippen LogP contribution is 2.66. The third kappa shape index (κ3) is 3.21. The van der Waals surface area contributed by atoms with E-state index in [-0.39, 0.29) is 23.6 Å². The Labute approximate surface area is 205 Å². The first-order valence-electron chi connectivity index (χ1n) is 12.1. The van der Waals surface area contributed by atoms with Gasteiger partial charge < -0.3 is 10.1 Å². The van der Waals surface area contributed by atoms with Gasteiger partial charge >= 0.3 is 6.18 Å². The fourth-order valence-corrected chi connectivity index (χ4v) is 6.58. The van der Waals surface area contributed by atoms with Crippen molar-refractivity contribution in [3.8, 4) is 6.07 Å². The molecule has 6 nitrogen and oxygen atoms in total. The van der Waals surface area contributed by atoms with Crippen molar-refractivity contribution in [2.24, 2.45) is 16.7 Å². The summed E-state index contributed by atoms with van der Waals surface area (Å²) >= 11 is 0. The summed E-state index contributed by atoms with van der Waals surface area (Å²) < 4.78 is 62.3. The summed E-state index contributed by atoms with van der Waals surface area (Å²) in [6.45, 7) is -0.0444. The molecule has 0 radical (unpaired) electrons. The SMILES string of the molecule is N#Cc1cccc(C(F)(NC(=O)C23CC(C2)C3)C23CCC(c4cnc(C(F)(F)F)nc4)(CC2)OC3)c1. The summed E-state index contributed by atoms with van der Waals surface area (Å²) in [5.74, 6) is -3.25. The van der Waals surface area contributed by atoms with Crippen LogP contribution in [-0.4, -0.2) is 22.5 Å². The molecular weight excluding hydrogens is 476 g/mol. The maximum Gasteiger partial charge on any atom is 0.451 e. The molecule has 6 aliphatic rings. The molecule has 36 heavy (non-hydrogen) atoms. The van der Waals surface area contributed by atoms with Gasteiger partial charge in [-0.3, -0.25) is 4.79 Å². The van der Waals surface area contributed by atoms with Crippen LogP contribution in [0.4, 0.5) is 17.6 Å². The highest BCUT2D eigenvalue weighted by Gasteiger charge is 2.66. The van der Waals surface area contributed by atoms with E-state index in [1.165, 1.54) is 6.07 Å². The molecule has 10 heteroatoms. The number of ether oxygens (including phenoxy) is 1. The van der Waals surface area contributed by atoms with Crippen LogP contribution < -0.4 is 5.32 Å². The number of rotatable bonds is 5. The summed E-state index contributed by atoms with van der Waals surface area (Å²) in [5, 5.41) is 12.2. The maximum absolute atomic E-state index is 17.4. The van der Waals surface area contributed by atoms with Gasteiger partial charge in [-0.1, -0.05) is 12.1 Å². The predicted octanol–water partition coefficient (Wildman–Crippen LogP) is 4.89. The fourth-order valence-electron chi connectivity index (χ4n) is 6.58. The number of nitrogens with one attached hydrogen (secondary N) is 1. The van der Waals surface area contributed by atoms with Crippen molar-refractivity contribution in [2.45, 2.75) is 62.5 Å². The second-order valence-electron chi connectivity index (χ2n) is 10.9. The van der Waals surface area contributed by atoms with Crippen molar-refractivity contribution >= 4 is 5.91 Å². The minimum absolute atomic E-state index is 0.0444. The van der Waals surface area contributed by atoms with Crippen LogP contribution in [0.1, 0.15) is 67.5 Å². The van der Waals surface area contributed by atoms with Gasteiger partial charge in [0.15, 0.2) is 0 Å². The standard InChI is InChI=1S/C26H24F4N4O2/c27-25(18-3-1-2-16(8-18)12-31,34-21(35)22-9-17(10-22)11-22)23-4-6-24(7-5-23,36-15-23)19-13-32-20(33-14-19)26(28,29)30/h1-3,8,13-14,17H,4-7,9-11,15H2,(H,34,35). The summed E-state index contributed by atoms with van der Waals surface area (Å²) in [4.78, 5) is 20.2. The summed E-state index contributed by atoms with van der Waals surface area (Å²) in [7, 11) is 0. The van der Waals surface area contributed by atoms with E-state index in [2.05, 4.69) is 15.3 Å². The number of nitriles is 1. The minimum atomic E-state index is -4.64. The predicted molar refractivity (Wildman–Crippen MR) is 117 cm³/mol. The Morgan fingerprint density at radius 1 is 1.08 bits per heavy atom. The molecule has 8 rings (SSSR count). The molecule has 4 aliphatic carbocycles. The third-order valence-corrected chi connectivity index (χ3v) is 9.00. The Kier molecular flexibility index (Phi) is 4.85. The van der Waals surface area contributed by atoms with E-state index in [1.54, 1.807) is 18.2 Å². The molecule has 2 aliphatic heterocycles. The molecule has 2 aromatic rings. The third-order valence-electron chi connectivity index (χ3n) is 9.00. The van der Waals surface area contributed by atoms with Gasteiger partial charge in [0.25, 0.3) is 0 Å². The smallest absolute Gasteiger partial charge is 0.369 e. The monoisotopic (exact) mass is 500 g/mol. The molecule has 1 amide bonds. The average molecular weight is 500 g/mol. The van der Waals surface area contributed by atoms with Gasteiger partial charge in [0.1, 0.15) is 0 Å². The zero-order valence-corrected chi connectivity index (χ0v) is 19.4. The Hall–Kier alpha value is -3.06. The van der Waals surface area contributed by atoms with Crippen LogP contribution in [0, 0.1) is 28.1 Å². The largest absolute Gasteiger partial charge is 0.451 e. The highest BCUT2D eigenvalue weighted by molar-refractivity contribution is 5.86. The van der Waals surface area contributed by atoms with E-state index in [1.807, 2.05) is 6.07 Å². The average Bonchev–Trinajstić information content (AvgIpc) is 2.82. The second kappa shape index (κ2) is 7.48. The van der Waals surface area contributed by atoms with Crippen LogP contribution >= 0.6 is 0 Å². The van der Waals surface area contributed by atoms with Crippen LogP contribution in [0.3, 0.4) is 0 Å². The van der Waals surface area contributed by atoms with Crippen LogP contribution in [0.15, 0.2) is 36.7 Å². The molecule has 1 N–H and O–H groups in total. The van der Waals surface area contributed by atoms with E-state index in [4.69, 9.17) is 4.74 Å². The number of alkyl halides is 4. The molecule has 1 aromatic heterocycles. The fraction of sp³-hybridized carbons (Fsp3) is 0.538. The number of benzene rings is 1. The number of hydrogen-bond acceptors (Lipinski definition) is 5. The van der Waals surface area contributed by atoms with E-state index in [9.17, 15) is 23.2 Å². The summed E-state index contributed by atoms with van der Waals surface area (Å²) in [6, 6.07) is 8.27. The van der Waals surface area contributed by atoms with Crippen LogP contribution in [0.5, 0.6) is 0 Å². The Balaban J connectivity index is 1.31. The first-order valence-corrected chi connectivity index (χ1v) is 12.1. The maximum atomic E-state index is 17.4. The van der Waals surface area contributed by atoms with Gasteiger partial charge in [-0.05, 0) is 63.0 Å². The van der Waals surface area contributed by atoms with Crippen LogP contribution in [-0.2, 0) is 27.1 Å². The molecule has 1 aromatic carbocycles. The van der Waals surface area contributed by atoms with Crippen molar-refractivity contribution in [3.63, 3.8) is 0 Å².